The van der Waals surface area contributed by atoms with E-state index in [1.165, 1.54) is 18.2 Å². The standard InChI is InChI=1S/C20H11Cl2FN2O2/c21-12-4-7-18-17(9-12)25-20(27-18)15-10-14(5-6-16(15)22)24-19(26)11-2-1-3-13(23)8-11/h1-10H,(H,24,26). The van der Waals surface area contributed by atoms with Crippen molar-refractivity contribution >= 4 is 45.9 Å². The summed E-state index contributed by atoms with van der Waals surface area (Å²) in [4.78, 5) is 16.7. The molecule has 134 valence electrons. The Morgan fingerprint density at radius 2 is 1.89 bits per heavy atom. The highest BCUT2D eigenvalue weighted by molar-refractivity contribution is 6.33. The number of hydrogen-bond donors (Lipinski definition) is 1. The molecule has 7 heteroatoms. The van der Waals surface area contributed by atoms with Crippen molar-refractivity contribution in [3.63, 3.8) is 0 Å². The molecule has 0 atom stereocenters. The molecule has 0 radical (unpaired) electrons. The molecule has 0 aliphatic heterocycles. The van der Waals surface area contributed by atoms with Gasteiger partial charge < -0.3 is 9.73 Å². The van der Waals surface area contributed by atoms with Gasteiger partial charge in [-0.2, -0.15) is 0 Å². The number of halogens is 3. The SMILES string of the molecule is O=C(Nc1ccc(Cl)c(-c2nc3cc(Cl)ccc3o2)c1)c1cccc(F)c1. The smallest absolute Gasteiger partial charge is 0.255 e. The maximum Gasteiger partial charge on any atom is 0.255 e. The van der Waals surface area contributed by atoms with Gasteiger partial charge in [0.1, 0.15) is 11.3 Å². The van der Waals surface area contributed by atoms with E-state index >= 15 is 0 Å². The molecular formula is C20H11Cl2FN2O2. The average molecular weight is 401 g/mol. The van der Waals surface area contributed by atoms with Crippen molar-refractivity contribution in [3.05, 3.63) is 82.1 Å². The lowest BCUT2D eigenvalue weighted by atomic mass is 10.1. The first-order valence-corrected chi connectivity index (χ1v) is 8.68. The van der Waals surface area contributed by atoms with E-state index < -0.39 is 11.7 Å². The van der Waals surface area contributed by atoms with Crippen LogP contribution in [-0.4, -0.2) is 10.9 Å². The molecule has 1 aromatic heterocycles. The molecule has 1 amide bonds. The van der Waals surface area contributed by atoms with Gasteiger partial charge in [0, 0.05) is 16.3 Å². The van der Waals surface area contributed by atoms with E-state index in [0.29, 0.717) is 38.3 Å². The van der Waals surface area contributed by atoms with E-state index in [1.807, 2.05) is 0 Å². The second kappa shape index (κ2) is 7.02. The Morgan fingerprint density at radius 3 is 2.70 bits per heavy atom. The topological polar surface area (TPSA) is 55.1 Å². The normalized spacial score (nSPS) is 10.9. The number of fused-ring (bicyclic) bond motifs is 1. The highest BCUT2D eigenvalue weighted by atomic mass is 35.5. The van der Waals surface area contributed by atoms with Crippen LogP contribution in [0, 0.1) is 5.82 Å². The molecular weight excluding hydrogens is 390 g/mol. The number of nitrogens with zero attached hydrogens (tertiary/aromatic N) is 1. The molecule has 4 rings (SSSR count). The zero-order chi connectivity index (χ0) is 19.0. The van der Waals surface area contributed by atoms with Crippen LogP contribution in [0.1, 0.15) is 10.4 Å². The average Bonchev–Trinajstić information content (AvgIpc) is 3.06. The number of benzene rings is 3. The van der Waals surface area contributed by atoms with Crippen LogP contribution in [0.3, 0.4) is 0 Å². The summed E-state index contributed by atoms with van der Waals surface area (Å²) >= 11 is 12.3. The largest absolute Gasteiger partial charge is 0.436 e. The second-order valence-electron chi connectivity index (χ2n) is 5.79. The molecule has 0 aliphatic carbocycles. The minimum absolute atomic E-state index is 0.211. The maximum absolute atomic E-state index is 13.3. The third-order valence-corrected chi connectivity index (χ3v) is 4.46. The van der Waals surface area contributed by atoms with Crippen LogP contribution in [-0.2, 0) is 0 Å². The predicted molar refractivity (Wildman–Crippen MR) is 104 cm³/mol. The zero-order valence-corrected chi connectivity index (χ0v) is 15.2. The lowest BCUT2D eigenvalue weighted by Gasteiger charge is -2.08. The van der Waals surface area contributed by atoms with E-state index in [0.717, 1.165) is 6.07 Å². The van der Waals surface area contributed by atoms with Gasteiger partial charge in [0.2, 0.25) is 5.89 Å². The van der Waals surface area contributed by atoms with Crippen LogP contribution >= 0.6 is 23.2 Å². The summed E-state index contributed by atoms with van der Waals surface area (Å²) < 4.78 is 19.0. The summed E-state index contributed by atoms with van der Waals surface area (Å²) in [5, 5.41) is 3.67. The molecule has 1 N–H and O–H groups in total. The fraction of sp³-hybridized carbons (Fsp3) is 0. The Hall–Kier alpha value is -2.89. The fourth-order valence-corrected chi connectivity index (χ4v) is 2.98. The Morgan fingerprint density at radius 1 is 1.04 bits per heavy atom. The number of carbonyl (C=O) groups excluding carboxylic acids is 1. The van der Waals surface area contributed by atoms with Crippen molar-refractivity contribution in [3.8, 4) is 11.5 Å². The van der Waals surface area contributed by atoms with Crippen LogP contribution in [0.5, 0.6) is 0 Å². The summed E-state index contributed by atoms with van der Waals surface area (Å²) in [5.74, 6) is -0.615. The van der Waals surface area contributed by atoms with E-state index in [2.05, 4.69) is 10.3 Å². The van der Waals surface area contributed by atoms with Gasteiger partial charge in [-0.05, 0) is 54.6 Å². The van der Waals surface area contributed by atoms with Crippen LogP contribution in [0.4, 0.5) is 10.1 Å². The summed E-state index contributed by atoms with van der Waals surface area (Å²) in [7, 11) is 0. The first-order chi connectivity index (χ1) is 13.0. The first kappa shape index (κ1) is 17.5. The van der Waals surface area contributed by atoms with E-state index in [-0.39, 0.29) is 5.56 Å². The summed E-state index contributed by atoms with van der Waals surface area (Å²) in [6.45, 7) is 0. The third kappa shape index (κ3) is 3.65. The first-order valence-electron chi connectivity index (χ1n) is 7.92. The minimum Gasteiger partial charge on any atom is -0.436 e. The monoisotopic (exact) mass is 400 g/mol. The number of amides is 1. The van der Waals surface area contributed by atoms with Gasteiger partial charge >= 0.3 is 0 Å². The third-order valence-electron chi connectivity index (χ3n) is 3.89. The number of nitrogens with one attached hydrogen (secondary N) is 1. The number of aromatic nitrogens is 1. The lowest BCUT2D eigenvalue weighted by molar-refractivity contribution is 0.102. The van der Waals surface area contributed by atoms with E-state index in [9.17, 15) is 9.18 Å². The van der Waals surface area contributed by atoms with E-state index in [4.69, 9.17) is 27.6 Å². The Balaban J connectivity index is 1.67. The van der Waals surface area contributed by atoms with Gasteiger partial charge in [-0.25, -0.2) is 9.37 Å². The van der Waals surface area contributed by atoms with Gasteiger partial charge in [-0.3, -0.25) is 4.79 Å². The quantitative estimate of drug-likeness (QED) is 0.445. The van der Waals surface area contributed by atoms with Gasteiger partial charge in [-0.1, -0.05) is 29.3 Å². The van der Waals surface area contributed by atoms with Gasteiger partial charge in [0.25, 0.3) is 5.91 Å². The molecule has 0 unspecified atom stereocenters. The summed E-state index contributed by atoms with van der Waals surface area (Å²) in [6, 6.07) is 15.5. The van der Waals surface area contributed by atoms with Crippen molar-refractivity contribution in [1.29, 1.82) is 0 Å². The van der Waals surface area contributed by atoms with Crippen LogP contribution in [0.15, 0.2) is 65.1 Å². The van der Waals surface area contributed by atoms with E-state index in [1.54, 1.807) is 36.4 Å². The number of rotatable bonds is 3. The molecule has 4 aromatic rings. The fourth-order valence-electron chi connectivity index (χ4n) is 2.62. The highest BCUT2D eigenvalue weighted by Gasteiger charge is 2.14. The second-order valence-corrected chi connectivity index (χ2v) is 6.63. The van der Waals surface area contributed by atoms with Crippen LogP contribution in [0.2, 0.25) is 10.0 Å². The predicted octanol–water partition coefficient (Wildman–Crippen LogP) is 6.19. The molecule has 1 heterocycles. The van der Waals surface area contributed by atoms with Crippen molar-refractivity contribution in [1.82, 2.24) is 4.98 Å². The molecule has 0 spiro atoms. The summed E-state index contributed by atoms with van der Waals surface area (Å²) in [6.07, 6.45) is 0. The van der Waals surface area contributed by atoms with Crippen LogP contribution < -0.4 is 5.32 Å². The van der Waals surface area contributed by atoms with Gasteiger partial charge in [0.15, 0.2) is 5.58 Å². The van der Waals surface area contributed by atoms with Crippen LogP contribution in [0.25, 0.3) is 22.6 Å². The van der Waals surface area contributed by atoms with Crippen molar-refractivity contribution < 1.29 is 13.6 Å². The number of anilines is 1. The van der Waals surface area contributed by atoms with Crippen molar-refractivity contribution in [2.75, 3.05) is 5.32 Å². The molecule has 0 saturated carbocycles. The van der Waals surface area contributed by atoms with Crippen molar-refractivity contribution in [2.45, 2.75) is 0 Å². The molecule has 3 aromatic carbocycles. The molecule has 4 nitrogen and oxygen atoms in total. The Labute approximate surface area is 163 Å². The Bertz CT molecular complexity index is 1170. The Kier molecular flexibility index (Phi) is 4.56. The summed E-state index contributed by atoms with van der Waals surface area (Å²) in [5.41, 5.74) is 2.37. The molecule has 0 fully saturated rings. The molecule has 0 saturated heterocycles. The van der Waals surface area contributed by atoms with Crippen molar-refractivity contribution in [2.24, 2.45) is 0 Å². The number of carbonyl (C=O) groups is 1. The lowest BCUT2D eigenvalue weighted by Crippen LogP contribution is -2.12. The molecule has 0 bridgehead atoms. The van der Waals surface area contributed by atoms with Gasteiger partial charge in [0.05, 0.1) is 10.6 Å². The minimum atomic E-state index is -0.482. The number of oxazole rings is 1. The molecule has 0 aliphatic rings. The highest BCUT2D eigenvalue weighted by Crippen LogP contribution is 2.33. The number of hydrogen-bond acceptors (Lipinski definition) is 3. The van der Waals surface area contributed by atoms with Gasteiger partial charge in [-0.15, -0.1) is 0 Å². The zero-order valence-electron chi connectivity index (χ0n) is 13.7. The molecule has 27 heavy (non-hydrogen) atoms. The maximum atomic E-state index is 13.3.